The average Bonchev–Trinajstić information content (AvgIpc) is 2.46. The summed E-state index contributed by atoms with van der Waals surface area (Å²) in [5.41, 5.74) is 6.83. The van der Waals surface area contributed by atoms with Crippen LogP contribution in [0.4, 0.5) is 13.2 Å². The Kier molecular flexibility index (Phi) is 4.88. The van der Waals surface area contributed by atoms with E-state index in [2.05, 4.69) is 0 Å². The molecule has 3 nitrogen and oxygen atoms in total. The molecule has 0 saturated carbocycles. The standard InChI is InChI=1S/C15H19F3N2O/c16-15(17,18)12-6-8-20(9-7-12)14(21)13(19)10-11-4-2-1-3-5-11/h1-5,12-13H,6-10,19H2/t13-/m1/s1. The lowest BCUT2D eigenvalue weighted by molar-refractivity contribution is -0.186. The molecular weight excluding hydrogens is 281 g/mol. The average molecular weight is 300 g/mol. The van der Waals surface area contributed by atoms with Crippen LogP contribution in [0.5, 0.6) is 0 Å². The number of nitrogens with two attached hydrogens (primary N) is 1. The largest absolute Gasteiger partial charge is 0.391 e. The summed E-state index contributed by atoms with van der Waals surface area (Å²) >= 11 is 0. The lowest BCUT2D eigenvalue weighted by atomic mass is 9.95. The van der Waals surface area contributed by atoms with Crippen molar-refractivity contribution in [2.75, 3.05) is 13.1 Å². The minimum atomic E-state index is -4.17. The second kappa shape index (κ2) is 6.47. The van der Waals surface area contributed by atoms with E-state index in [4.69, 9.17) is 5.73 Å². The highest BCUT2D eigenvalue weighted by Gasteiger charge is 2.42. The number of alkyl halides is 3. The molecule has 0 spiro atoms. The van der Waals surface area contributed by atoms with Crippen LogP contribution in [0.15, 0.2) is 30.3 Å². The third-order valence-electron chi connectivity index (χ3n) is 3.89. The molecule has 6 heteroatoms. The van der Waals surface area contributed by atoms with Gasteiger partial charge in [0.25, 0.3) is 0 Å². The molecule has 1 saturated heterocycles. The molecule has 1 heterocycles. The third-order valence-corrected chi connectivity index (χ3v) is 3.89. The molecule has 2 rings (SSSR count). The topological polar surface area (TPSA) is 46.3 Å². The van der Waals surface area contributed by atoms with Crippen LogP contribution in [-0.2, 0) is 11.2 Å². The summed E-state index contributed by atoms with van der Waals surface area (Å²) in [7, 11) is 0. The first-order valence-corrected chi connectivity index (χ1v) is 7.03. The van der Waals surface area contributed by atoms with Crippen molar-refractivity contribution >= 4 is 5.91 Å². The van der Waals surface area contributed by atoms with Crippen molar-refractivity contribution in [3.63, 3.8) is 0 Å². The van der Waals surface area contributed by atoms with E-state index in [1.54, 1.807) is 0 Å². The van der Waals surface area contributed by atoms with E-state index in [0.29, 0.717) is 6.42 Å². The lowest BCUT2D eigenvalue weighted by Gasteiger charge is -2.34. The number of halogens is 3. The van der Waals surface area contributed by atoms with Crippen molar-refractivity contribution in [3.05, 3.63) is 35.9 Å². The van der Waals surface area contributed by atoms with Gasteiger partial charge in [-0.1, -0.05) is 30.3 Å². The van der Waals surface area contributed by atoms with Gasteiger partial charge in [-0.3, -0.25) is 4.79 Å². The molecular formula is C15H19F3N2O. The van der Waals surface area contributed by atoms with E-state index in [1.165, 1.54) is 4.90 Å². The number of piperidine rings is 1. The molecule has 1 aromatic carbocycles. The highest BCUT2D eigenvalue weighted by Crippen LogP contribution is 2.34. The summed E-state index contributed by atoms with van der Waals surface area (Å²) < 4.78 is 37.8. The van der Waals surface area contributed by atoms with Crippen molar-refractivity contribution in [2.45, 2.75) is 31.5 Å². The Morgan fingerprint density at radius 2 is 1.81 bits per heavy atom. The highest BCUT2D eigenvalue weighted by atomic mass is 19.4. The molecule has 1 amide bonds. The van der Waals surface area contributed by atoms with Crippen LogP contribution < -0.4 is 5.73 Å². The molecule has 0 unspecified atom stereocenters. The molecule has 0 radical (unpaired) electrons. The number of hydrogen-bond donors (Lipinski definition) is 1. The van der Waals surface area contributed by atoms with Gasteiger partial charge in [0.2, 0.25) is 5.91 Å². The van der Waals surface area contributed by atoms with Gasteiger partial charge in [0.1, 0.15) is 0 Å². The van der Waals surface area contributed by atoms with E-state index in [-0.39, 0.29) is 31.8 Å². The molecule has 1 aliphatic heterocycles. The SMILES string of the molecule is N[C@H](Cc1ccccc1)C(=O)N1CCC(C(F)(F)F)CC1. The van der Waals surface area contributed by atoms with Gasteiger partial charge in [0, 0.05) is 13.1 Å². The van der Waals surface area contributed by atoms with E-state index in [1.807, 2.05) is 30.3 Å². The molecule has 1 atom stereocenters. The normalized spacial score (nSPS) is 18.6. The number of benzene rings is 1. The monoisotopic (exact) mass is 300 g/mol. The minimum absolute atomic E-state index is 0.0344. The molecule has 116 valence electrons. The fourth-order valence-electron chi connectivity index (χ4n) is 2.62. The van der Waals surface area contributed by atoms with Gasteiger partial charge in [-0.05, 0) is 24.8 Å². The number of amides is 1. The van der Waals surface area contributed by atoms with Crippen LogP contribution in [0, 0.1) is 5.92 Å². The quantitative estimate of drug-likeness (QED) is 0.931. The van der Waals surface area contributed by atoms with Crippen LogP contribution >= 0.6 is 0 Å². The molecule has 0 aromatic heterocycles. The lowest BCUT2D eigenvalue weighted by Crippen LogP contribution is -2.49. The first-order chi connectivity index (χ1) is 9.88. The van der Waals surface area contributed by atoms with Gasteiger partial charge in [-0.2, -0.15) is 13.2 Å². The van der Waals surface area contributed by atoms with Gasteiger partial charge in [0.15, 0.2) is 0 Å². The Hall–Kier alpha value is -1.56. The Bertz CT molecular complexity index is 468. The Labute approximate surface area is 121 Å². The number of nitrogens with zero attached hydrogens (tertiary/aromatic N) is 1. The number of carbonyl (C=O) groups excluding carboxylic acids is 1. The summed E-state index contributed by atoms with van der Waals surface area (Å²) in [6, 6.07) is 8.66. The smallest absolute Gasteiger partial charge is 0.341 e. The van der Waals surface area contributed by atoms with Crippen molar-refractivity contribution in [1.29, 1.82) is 0 Å². The van der Waals surface area contributed by atoms with E-state index >= 15 is 0 Å². The zero-order chi connectivity index (χ0) is 15.5. The maximum atomic E-state index is 12.6. The molecule has 0 aliphatic carbocycles. The third kappa shape index (κ3) is 4.20. The van der Waals surface area contributed by atoms with Gasteiger partial charge in [0.05, 0.1) is 12.0 Å². The maximum absolute atomic E-state index is 12.6. The van der Waals surface area contributed by atoms with Crippen LogP contribution in [0.25, 0.3) is 0 Å². The summed E-state index contributed by atoms with van der Waals surface area (Å²) in [4.78, 5) is 13.6. The minimum Gasteiger partial charge on any atom is -0.341 e. The maximum Gasteiger partial charge on any atom is 0.391 e. The molecule has 0 bridgehead atoms. The summed E-state index contributed by atoms with van der Waals surface area (Å²) in [5, 5.41) is 0. The number of rotatable bonds is 3. The van der Waals surface area contributed by atoms with Gasteiger partial charge >= 0.3 is 6.18 Å². The predicted octanol–water partition coefficient (Wildman–Crippen LogP) is 2.36. The number of hydrogen-bond acceptors (Lipinski definition) is 2. The number of likely N-dealkylation sites (tertiary alicyclic amines) is 1. The predicted molar refractivity (Wildman–Crippen MR) is 73.5 cm³/mol. The Morgan fingerprint density at radius 1 is 1.24 bits per heavy atom. The first kappa shape index (κ1) is 15.8. The molecule has 1 aromatic rings. The molecule has 1 fully saturated rings. The van der Waals surface area contributed by atoms with E-state index in [0.717, 1.165) is 5.56 Å². The van der Waals surface area contributed by atoms with E-state index < -0.39 is 18.1 Å². The van der Waals surface area contributed by atoms with E-state index in [9.17, 15) is 18.0 Å². The van der Waals surface area contributed by atoms with Gasteiger partial charge < -0.3 is 10.6 Å². The van der Waals surface area contributed by atoms with Crippen LogP contribution in [-0.4, -0.2) is 36.1 Å². The second-order valence-electron chi connectivity index (χ2n) is 5.44. The summed E-state index contributed by atoms with van der Waals surface area (Å²) in [6.07, 6.45) is -3.83. The summed E-state index contributed by atoms with van der Waals surface area (Å²) in [6.45, 7) is 0.261. The highest BCUT2D eigenvalue weighted by molar-refractivity contribution is 5.82. The van der Waals surface area contributed by atoms with Crippen LogP contribution in [0.2, 0.25) is 0 Å². The Morgan fingerprint density at radius 3 is 2.33 bits per heavy atom. The van der Waals surface area contributed by atoms with Crippen LogP contribution in [0.1, 0.15) is 18.4 Å². The van der Waals surface area contributed by atoms with Gasteiger partial charge in [-0.15, -0.1) is 0 Å². The molecule has 21 heavy (non-hydrogen) atoms. The van der Waals surface area contributed by atoms with Gasteiger partial charge in [-0.25, -0.2) is 0 Å². The summed E-state index contributed by atoms with van der Waals surface area (Å²) in [5.74, 6) is -1.56. The van der Waals surface area contributed by atoms with Crippen molar-refractivity contribution < 1.29 is 18.0 Å². The van der Waals surface area contributed by atoms with Crippen LogP contribution in [0.3, 0.4) is 0 Å². The van der Waals surface area contributed by atoms with Crippen molar-refractivity contribution in [1.82, 2.24) is 4.90 Å². The second-order valence-corrected chi connectivity index (χ2v) is 5.44. The van der Waals surface area contributed by atoms with Crippen molar-refractivity contribution in [3.8, 4) is 0 Å². The molecule has 1 aliphatic rings. The zero-order valence-electron chi connectivity index (χ0n) is 11.6. The molecule has 2 N–H and O–H groups in total. The fraction of sp³-hybridized carbons (Fsp3) is 0.533. The fourth-order valence-corrected chi connectivity index (χ4v) is 2.62. The van der Waals surface area contributed by atoms with Crippen molar-refractivity contribution in [2.24, 2.45) is 11.7 Å². The Balaban J connectivity index is 1.87. The first-order valence-electron chi connectivity index (χ1n) is 7.03. The number of carbonyl (C=O) groups is 1. The zero-order valence-corrected chi connectivity index (χ0v) is 11.6.